The summed E-state index contributed by atoms with van der Waals surface area (Å²) >= 11 is 0. The normalized spacial score (nSPS) is 12.5. The highest BCUT2D eigenvalue weighted by atomic mass is 16.7. The lowest BCUT2D eigenvalue weighted by Crippen LogP contribution is -2.07. The van der Waals surface area contributed by atoms with Crippen LogP contribution in [0.2, 0.25) is 0 Å². The molecule has 19 heavy (non-hydrogen) atoms. The number of aromatic nitrogens is 2. The molecule has 2 heterocycles. The van der Waals surface area contributed by atoms with E-state index in [2.05, 4.69) is 9.97 Å². The van der Waals surface area contributed by atoms with Crippen LogP contribution >= 0.6 is 0 Å². The molecule has 0 amide bonds. The minimum Gasteiger partial charge on any atom is -0.454 e. The van der Waals surface area contributed by atoms with E-state index in [9.17, 15) is 4.79 Å². The summed E-state index contributed by atoms with van der Waals surface area (Å²) in [5.41, 5.74) is 1.32. The van der Waals surface area contributed by atoms with E-state index in [1.54, 1.807) is 19.2 Å². The highest BCUT2D eigenvalue weighted by Crippen LogP contribution is 2.32. The summed E-state index contributed by atoms with van der Waals surface area (Å²) in [6.07, 6.45) is 1.88. The number of nitrogens with zero attached hydrogens (tertiary/aromatic N) is 2. The Morgan fingerprint density at radius 1 is 1.26 bits per heavy atom. The van der Waals surface area contributed by atoms with Crippen LogP contribution < -0.4 is 9.47 Å². The van der Waals surface area contributed by atoms with Crippen LogP contribution in [0.1, 0.15) is 21.9 Å². The number of hydrogen-bond donors (Lipinski definition) is 0. The van der Waals surface area contributed by atoms with E-state index in [-0.39, 0.29) is 19.0 Å². The molecule has 0 fully saturated rings. The SMILES string of the molecule is Cc1nccc(C(=O)Cc2ccc3c(c2)OCO3)n1. The maximum Gasteiger partial charge on any atom is 0.231 e. The third-order valence-electron chi connectivity index (χ3n) is 2.86. The van der Waals surface area contributed by atoms with Crippen LogP contribution in [0.4, 0.5) is 0 Å². The Labute approximate surface area is 110 Å². The number of fused-ring (bicyclic) bond motifs is 1. The maximum atomic E-state index is 12.1. The molecule has 96 valence electrons. The van der Waals surface area contributed by atoms with Gasteiger partial charge in [0.15, 0.2) is 17.3 Å². The fraction of sp³-hybridized carbons (Fsp3) is 0.214. The number of benzene rings is 1. The fourth-order valence-corrected chi connectivity index (χ4v) is 1.94. The van der Waals surface area contributed by atoms with Crippen molar-refractivity contribution in [1.29, 1.82) is 0 Å². The van der Waals surface area contributed by atoms with Crippen molar-refractivity contribution in [3.05, 3.63) is 47.5 Å². The molecule has 3 rings (SSSR count). The summed E-state index contributed by atoms with van der Waals surface area (Å²) in [5.74, 6) is 1.96. The molecule has 0 unspecified atom stereocenters. The highest BCUT2D eigenvalue weighted by Gasteiger charge is 2.15. The van der Waals surface area contributed by atoms with E-state index < -0.39 is 0 Å². The van der Waals surface area contributed by atoms with Gasteiger partial charge in [-0.25, -0.2) is 9.97 Å². The van der Waals surface area contributed by atoms with Gasteiger partial charge >= 0.3 is 0 Å². The molecule has 2 aromatic rings. The van der Waals surface area contributed by atoms with Crippen LogP contribution in [0.5, 0.6) is 11.5 Å². The lowest BCUT2D eigenvalue weighted by atomic mass is 10.1. The molecule has 0 bridgehead atoms. The average molecular weight is 256 g/mol. The average Bonchev–Trinajstić information content (AvgIpc) is 2.86. The zero-order valence-electron chi connectivity index (χ0n) is 10.4. The molecule has 1 aliphatic heterocycles. The monoisotopic (exact) mass is 256 g/mol. The van der Waals surface area contributed by atoms with Crippen molar-refractivity contribution in [2.45, 2.75) is 13.3 Å². The van der Waals surface area contributed by atoms with Gasteiger partial charge in [0.1, 0.15) is 11.5 Å². The van der Waals surface area contributed by atoms with Gasteiger partial charge in [0, 0.05) is 12.6 Å². The van der Waals surface area contributed by atoms with Gasteiger partial charge in [-0.3, -0.25) is 4.79 Å². The minimum absolute atomic E-state index is 0.0376. The first-order valence-corrected chi connectivity index (χ1v) is 5.94. The molecule has 0 aliphatic carbocycles. The second kappa shape index (κ2) is 4.68. The van der Waals surface area contributed by atoms with Crippen LogP contribution in [-0.4, -0.2) is 22.5 Å². The Morgan fingerprint density at radius 2 is 2.11 bits per heavy atom. The number of ketones is 1. The zero-order chi connectivity index (χ0) is 13.2. The Hall–Kier alpha value is -2.43. The molecule has 1 aliphatic rings. The summed E-state index contributed by atoms with van der Waals surface area (Å²) in [6.45, 7) is 2.00. The standard InChI is InChI=1S/C14H12N2O3/c1-9-15-5-4-11(16-9)12(17)6-10-2-3-13-14(7-10)19-8-18-13/h2-5,7H,6,8H2,1H3. The molecule has 5 heteroatoms. The van der Waals surface area contributed by atoms with Crippen LogP contribution in [-0.2, 0) is 6.42 Å². The molecule has 1 aromatic heterocycles. The Bertz CT molecular complexity index is 640. The summed E-state index contributed by atoms with van der Waals surface area (Å²) in [5, 5.41) is 0. The van der Waals surface area contributed by atoms with Gasteiger partial charge in [0.05, 0.1) is 0 Å². The lowest BCUT2D eigenvalue weighted by Gasteiger charge is -2.03. The van der Waals surface area contributed by atoms with Crippen LogP contribution in [0.3, 0.4) is 0 Å². The van der Waals surface area contributed by atoms with E-state index in [4.69, 9.17) is 9.47 Å². The Balaban J connectivity index is 1.80. The van der Waals surface area contributed by atoms with Gasteiger partial charge in [0.25, 0.3) is 0 Å². The summed E-state index contributed by atoms with van der Waals surface area (Å²) < 4.78 is 10.5. The van der Waals surface area contributed by atoms with Crippen LogP contribution in [0, 0.1) is 6.92 Å². The second-order valence-corrected chi connectivity index (χ2v) is 4.28. The van der Waals surface area contributed by atoms with Crippen molar-refractivity contribution < 1.29 is 14.3 Å². The number of ether oxygens (including phenoxy) is 2. The number of Topliss-reactive ketones (excluding diaryl/α,β-unsaturated/α-hetero) is 1. The van der Waals surface area contributed by atoms with Gasteiger partial charge in [-0.15, -0.1) is 0 Å². The predicted molar refractivity (Wildman–Crippen MR) is 67.4 cm³/mol. The first-order valence-electron chi connectivity index (χ1n) is 5.94. The molecular formula is C14H12N2O3. The maximum absolute atomic E-state index is 12.1. The third kappa shape index (κ3) is 2.40. The van der Waals surface area contributed by atoms with Crippen molar-refractivity contribution in [2.24, 2.45) is 0 Å². The fourth-order valence-electron chi connectivity index (χ4n) is 1.94. The number of carbonyl (C=O) groups excluding carboxylic acids is 1. The molecule has 0 spiro atoms. The largest absolute Gasteiger partial charge is 0.454 e. The summed E-state index contributed by atoms with van der Waals surface area (Å²) in [4.78, 5) is 20.2. The zero-order valence-corrected chi connectivity index (χ0v) is 10.4. The van der Waals surface area contributed by atoms with Gasteiger partial charge in [-0.1, -0.05) is 6.07 Å². The smallest absolute Gasteiger partial charge is 0.231 e. The van der Waals surface area contributed by atoms with Crippen molar-refractivity contribution in [2.75, 3.05) is 6.79 Å². The predicted octanol–water partition coefficient (Wildman–Crippen LogP) is 1.94. The van der Waals surface area contributed by atoms with Crippen molar-refractivity contribution >= 4 is 5.78 Å². The number of rotatable bonds is 3. The number of hydrogen-bond acceptors (Lipinski definition) is 5. The van der Waals surface area contributed by atoms with E-state index in [0.717, 1.165) is 5.56 Å². The minimum atomic E-state index is -0.0376. The van der Waals surface area contributed by atoms with Gasteiger partial charge < -0.3 is 9.47 Å². The van der Waals surface area contributed by atoms with E-state index in [1.165, 1.54) is 0 Å². The molecule has 0 radical (unpaired) electrons. The van der Waals surface area contributed by atoms with E-state index in [0.29, 0.717) is 23.0 Å². The van der Waals surface area contributed by atoms with Crippen molar-refractivity contribution in [1.82, 2.24) is 9.97 Å². The van der Waals surface area contributed by atoms with Gasteiger partial charge in [-0.05, 0) is 30.7 Å². The quantitative estimate of drug-likeness (QED) is 0.785. The summed E-state index contributed by atoms with van der Waals surface area (Å²) in [7, 11) is 0. The van der Waals surface area contributed by atoms with E-state index in [1.807, 2.05) is 18.2 Å². The number of carbonyl (C=O) groups is 1. The van der Waals surface area contributed by atoms with Gasteiger partial charge in [0.2, 0.25) is 6.79 Å². The molecule has 0 saturated heterocycles. The lowest BCUT2D eigenvalue weighted by molar-refractivity contribution is 0.0988. The second-order valence-electron chi connectivity index (χ2n) is 4.28. The molecule has 0 saturated carbocycles. The highest BCUT2D eigenvalue weighted by molar-refractivity contribution is 5.95. The molecule has 5 nitrogen and oxygen atoms in total. The first-order chi connectivity index (χ1) is 9.22. The molecular weight excluding hydrogens is 244 g/mol. The third-order valence-corrected chi connectivity index (χ3v) is 2.86. The Morgan fingerprint density at radius 3 is 2.95 bits per heavy atom. The van der Waals surface area contributed by atoms with Crippen molar-refractivity contribution in [3.8, 4) is 11.5 Å². The number of aryl methyl sites for hydroxylation is 1. The molecule has 1 aromatic carbocycles. The molecule has 0 N–H and O–H groups in total. The topological polar surface area (TPSA) is 61.3 Å². The first kappa shape index (κ1) is 11.6. The Kier molecular flexibility index (Phi) is 2.87. The molecule has 0 atom stereocenters. The van der Waals surface area contributed by atoms with Gasteiger partial charge in [-0.2, -0.15) is 0 Å². The van der Waals surface area contributed by atoms with Crippen LogP contribution in [0.25, 0.3) is 0 Å². The van der Waals surface area contributed by atoms with Crippen molar-refractivity contribution in [3.63, 3.8) is 0 Å². The van der Waals surface area contributed by atoms with E-state index >= 15 is 0 Å². The van der Waals surface area contributed by atoms with Crippen LogP contribution in [0.15, 0.2) is 30.5 Å². The summed E-state index contributed by atoms with van der Waals surface area (Å²) in [6, 6.07) is 7.13.